The Hall–Kier alpha value is -1.91. The quantitative estimate of drug-likeness (QED) is 0.872. The first-order valence-electron chi connectivity index (χ1n) is 8.68. The molecule has 2 aliphatic rings. The van der Waals surface area contributed by atoms with E-state index in [1.54, 1.807) is 6.07 Å². The molecule has 2 aromatic carbocycles. The maximum absolute atomic E-state index is 14.0. The number of carbonyl (C=O) groups is 1. The van der Waals surface area contributed by atoms with Crippen molar-refractivity contribution in [3.63, 3.8) is 0 Å². The Morgan fingerprint density at radius 3 is 2.80 bits per heavy atom. The molecule has 25 heavy (non-hydrogen) atoms. The molecule has 3 nitrogen and oxygen atoms in total. The predicted molar refractivity (Wildman–Crippen MR) is 96.3 cm³/mol. The van der Waals surface area contributed by atoms with Crippen LogP contribution in [-0.4, -0.2) is 12.5 Å². The smallest absolute Gasteiger partial charge is 0.252 e. The van der Waals surface area contributed by atoms with Crippen LogP contribution in [0.25, 0.3) is 0 Å². The van der Waals surface area contributed by atoms with Crippen LogP contribution in [0.1, 0.15) is 46.3 Å². The van der Waals surface area contributed by atoms with E-state index in [0.29, 0.717) is 17.1 Å². The van der Waals surface area contributed by atoms with Crippen LogP contribution >= 0.6 is 11.6 Å². The third-order valence-corrected chi connectivity index (χ3v) is 5.60. The van der Waals surface area contributed by atoms with Crippen LogP contribution in [0.4, 0.5) is 4.39 Å². The number of benzene rings is 2. The third-order valence-electron chi connectivity index (χ3n) is 5.36. The van der Waals surface area contributed by atoms with Gasteiger partial charge in [0.1, 0.15) is 5.82 Å². The summed E-state index contributed by atoms with van der Waals surface area (Å²) >= 11 is 6.13. The summed E-state index contributed by atoms with van der Waals surface area (Å²) in [5.74, 6) is -0.560. The average molecular weight is 359 g/mol. The number of nitrogens with one attached hydrogen (secondary N) is 2. The van der Waals surface area contributed by atoms with Crippen LogP contribution in [0, 0.1) is 5.82 Å². The van der Waals surface area contributed by atoms with Gasteiger partial charge in [0.15, 0.2) is 0 Å². The Morgan fingerprint density at radius 2 is 2.08 bits per heavy atom. The minimum Gasteiger partial charge on any atom is -0.343 e. The molecule has 0 spiro atoms. The fraction of sp³-hybridized carbons (Fsp3) is 0.350. The third kappa shape index (κ3) is 3.05. The van der Waals surface area contributed by atoms with E-state index in [9.17, 15) is 9.18 Å². The molecule has 0 aromatic heterocycles. The second kappa shape index (κ2) is 6.43. The number of fused-ring (bicyclic) bond motifs is 1. The van der Waals surface area contributed by atoms with Gasteiger partial charge in [0, 0.05) is 17.1 Å². The SMILES string of the molecule is O=C(NC1(c2cccc(Cl)c2)CCC1)c1cc(F)cc2c1CNCC2. The number of hydrogen-bond acceptors (Lipinski definition) is 2. The predicted octanol–water partition coefficient (Wildman–Crippen LogP) is 3.93. The lowest BCUT2D eigenvalue weighted by Gasteiger charge is -2.43. The molecule has 1 aliphatic carbocycles. The Morgan fingerprint density at radius 1 is 1.24 bits per heavy atom. The first-order chi connectivity index (χ1) is 12.1. The van der Waals surface area contributed by atoms with Crippen LogP contribution in [0.3, 0.4) is 0 Å². The molecule has 4 rings (SSSR count). The van der Waals surface area contributed by atoms with Gasteiger partial charge in [-0.05, 0) is 73.2 Å². The lowest BCUT2D eigenvalue weighted by molar-refractivity contribution is 0.0821. The van der Waals surface area contributed by atoms with E-state index in [2.05, 4.69) is 10.6 Å². The maximum atomic E-state index is 14.0. The normalized spacial score (nSPS) is 18.2. The van der Waals surface area contributed by atoms with Crippen molar-refractivity contribution < 1.29 is 9.18 Å². The molecule has 0 bridgehead atoms. The molecule has 1 fully saturated rings. The largest absolute Gasteiger partial charge is 0.343 e. The Kier molecular flexibility index (Phi) is 4.26. The highest BCUT2D eigenvalue weighted by Crippen LogP contribution is 2.42. The molecule has 0 saturated heterocycles. The number of halogens is 2. The Bertz CT molecular complexity index is 832. The Balaban J connectivity index is 1.67. The van der Waals surface area contributed by atoms with Crippen molar-refractivity contribution in [2.24, 2.45) is 0 Å². The van der Waals surface area contributed by atoms with Crippen LogP contribution < -0.4 is 10.6 Å². The van der Waals surface area contributed by atoms with Crippen LogP contribution in [0.5, 0.6) is 0 Å². The number of amides is 1. The van der Waals surface area contributed by atoms with E-state index in [4.69, 9.17) is 11.6 Å². The maximum Gasteiger partial charge on any atom is 0.252 e. The van der Waals surface area contributed by atoms with E-state index in [1.807, 2.05) is 24.3 Å². The molecule has 5 heteroatoms. The van der Waals surface area contributed by atoms with Gasteiger partial charge in [-0.15, -0.1) is 0 Å². The van der Waals surface area contributed by atoms with Crippen molar-refractivity contribution in [2.45, 2.75) is 37.8 Å². The highest BCUT2D eigenvalue weighted by Gasteiger charge is 2.40. The van der Waals surface area contributed by atoms with Gasteiger partial charge >= 0.3 is 0 Å². The second-order valence-corrected chi connectivity index (χ2v) is 7.35. The lowest BCUT2D eigenvalue weighted by atomic mass is 9.71. The highest BCUT2D eigenvalue weighted by atomic mass is 35.5. The zero-order valence-corrected chi connectivity index (χ0v) is 14.6. The zero-order chi connectivity index (χ0) is 17.4. The van der Waals surface area contributed by atoms with E-state index in [0.717, 1.165) is 48.9 Å². The molecule has 0 unspecified atom stereocenters. The molecule has 0 atom stereocenters. The summed E-state index contributed by atoms with van der Waals surface area (Å²) in [4.78, 5) is 13.0. The van der Waals surface area contributed by atoms with Crippen molar-refractivity contribution in [1.29, 1.82) is 0 Å². The molecule has 130 valence electrons. The zero-order valence-electron chi connectivity index (χ0n) is 13.9. The monoisotopic (exact) mass is 358 g/mol. The van der Waals surface area contributed by atoms with E-state index in [-0.39, 0.29) is 11.7 Å². The first-order valence-corrected chi connectivity index (χ1v) is 9.06. The Labute approximate surface area is 151 Å². The fourth-order valence-corrected chi connectivity index (χ4v) is 4.04. The van der Waals surface area contributed by atoms with Gasteiger partial charge in [-0.25, -0.2) is 4.39 Å². The molecule has 1 amide bonds. The molecular formula is C20H20ClFN2O. The summed E-state index contributed by atoms with van der Waals surface area (Å²) in [6, 6.07) is 10.5. The fourth-order valence-electron chi connectivity index (χ4n) is 3.85. The topological polar surface area (TPSA) is 41.1 Å². The van der Waals surface area contributed by atoms with Crippen LogP contribution in [0.2, 0.25) is 5.02 Å². The molecular weight excluding hydrogens is 339 g/mol. The summed E-state index contributed by atoms with van der Waals surface area (Å²) < 4.78 is 14.0. The molecule has 1 saturated carbocycles. The van der Waals surface area contributed by atoms with E-state index < -0.39 is 5.54 Å². The molecule has 2 N–H and O–H groups in total. The van der Waals surface area contributed by atoms with Gasteiger partial charge in [0.25, 0.3) is 5.91 Å². The molecule has 2 aromatic rings. The van der Waals surface area contributed by atoms with Gasteiger partial charge in [0.05, 0.1) is 5.54 Å². The van der Waals surface area contributed by atoms with Crippen molar-refractivity contribution in [1.82, 2.24) is 10.6 Å². The minimum absolute atomic E-state index is 0.209. The lowest BCUT2D eigenvalue weighted by Crippen LogP contribution is -2.51. The van der Waals surface area contributed by atoms with Crippen molar-refractivity contribution >= 4 is 17.5 Å². The number of rotatable bonds is 3. The molecule has 1 heterocycles. The summed E-state index contributed by atoms with van der Waals surface area (Å²) in [5.41, 5.74) is 2.89. The van der Waals surface area contributed by atoms with Gasteiger partial charge in [-0.2, -0.15) is 0 Å². The van der Waals surface area contributed by atoms with Crippen LogP contribution in [0.15, 0.2) is 36.4 Å². The minimum atomic E-state index is -0.400. The van der Waals surface area contributed by atoms with Crippen LogP contribution in [-0.2, 0) is 18.5 Å². The standard InChI is InChI=1S/C20H20ClFN2O/c21-15-4-1-3-14(10-15)20(6-2-7-20)24-19(25)17-11-16(22)9-13-5-8-23-12-18(13)17/h1,3-4,9-11,23H,2,5-8,12H2,(H,24,25). The molecule has 1 aliphatic heterocycles. The van der Waals surface area contributed by atoms with Crippen molar-refractivity contribution in [3.05, 3.63) is 69.5 Å². The number of hydrogen-bond donors (Lipinski definition) is 2. The summed E-state index contributed by atoms with van der Waals surface area (Å²) in [5, 5.41) is 7.10. The summed E-state index contributed by atoms with van der Waals surface area (Å²) in [7, 11) is 0. The van der Waals surface area contributed by atoms with Gasteiger partial charge in [-0.3, -0.25) is 4.79 Å². The van der Waals surface area contributed by atoms with E-state index >= 15 is 0 Å². The van der Waals surface area contributed by atoms with Gasteiger partial charge in [-0.1, -0.05) is 23.7 Å². The first kappa shape index (κ1) is 16.6. The summed E-state index contributed by atoms with van der Waals surface area (Å²) in [6.07, 6.45) is 3.53. The van der Waals surface area contributed by atoms with E-state index in [1.165, 1.54) is 6.07 Å². The summed E-state index contributed by atoms with van der Waals surface area (Å²) in [6.45, 7) is 1.41. The van der Waals surface area contributed by atoms with Crippen molar-refractivity contribution in [2.75, 3.05) is 6.54 Å². The highest BCUT2D eigenvalue weighted by molar-refractivity contribution is 6.30. The van der Waals surface area contributed by atoms with Crippen molar-refractivity contribution in [3.8, 4) is 0 Å². The average Bonchev–Trinajstić information content (AvgIpc) is 2.57. The second-order valence-electron chi connectivity index (χ2n) is 6.92. The van der Waals surface area contributed by atoms with Gasteiger partial charge < -0.3 is 10.6 Å². The molecule has 0 radical (unpaired) electrons. The van der Waals surface area contributed by atoms with Gasteiger partial charge in [0.2, 0.25) is 0 Å². The number of carbonyl (C=O) groups excluding carboxylic acids is 1.